The fourth-order valence-corrected chi connectivity index (χ4v) is 2.46. The maximum atomic E-state index is 4.30. The van der Waals surface area contributed by atoms with Crippen LogP contribution in [-0.2, 0) is 13.1 Å². The SMILES string of the molecule is CC(C)NCc1cccc2c1ccn2Cc1ncccn1. The van der Waals surface area contributed by atoms with Gasteiger partial charge in [0.1, 0.15) is 5.82 Å². The average Bonchev–Trinajstić information content (AvgIpc) is 2.90. The lowest BCUT2D eigenvalue weighted by Crippen LogP contribution is -2.21. The molecule has 2 aromatic heterocycles. The molecule has 4 nitrogen and oxygen atoms in total. The van der Waals surface area contributed by atoms with Gasteiger partial charge in [-0.3, -0.25) is 0 Å². The number of hydrogen-bond donors (Lipinski definition) is 1. The number of fused-ring (bicyclic) bond motifs is 1. The molecule has 0 aliphatic heterocycles. The molecule has 0 aliphatic carbocycles. The van der Waals surface area contributed by atoms with Gasteiger partial charge in [-0.05, 0) is 23.8 Å². The van der Waals surface area contributed by atoms with Gasteiger partial charge in [-0.15, -0.1) is 0 Å². The van der Waals surface area contributed by atoms with Gasteiger partial charge in [0, 0.05) is 42.1 Å². The zero-order valence-corrected chi connectivity index (χ0v) is 12.5. The molecule has 2 heterocycles. The van der Waals surface area contributed by atoms with Gasteiger partial charge in [-0.1, -0.05) is 26.0 Å². The van der Waals surface area contributed by atoms with Gasteiger partial charge < -0.3 is 9.88 Å². The van der Waals surface area contributed by atoms with E-state index < -0.39 is 0 Å². The molecule has 0 unspecified atom stereocenters. The Morgan fingerprint density at radius 2 is 1.90 bits per heavy atom. The Labute approximate surface area is 124 Å². The number of nitrogens with zero attached hydrogens (tertiary/aromatic N) is 3. The standard InChI is InChI=1S/C17H20N4/c1-13(2)20-11-14-5-3-6-16-15(14)7-10-21(16)12-17-18-8-4-9-19-17/h3-10,13,20H,11-12H2,1-2H3. The quantitative estimate of drug-likeness (QED) is 0.781. The Morgan fingerprint density at radius 3 is 2.67 bits per heavy atom. The lowest BCUT2D eigenvalue weighted by atomic mass is 10.1. The van der Waals surface area contributed by atoms with E-state index in [2.05, 4.69) is 64.2 Å². The monoisotopic (exact) mass is 280 g/mol. The van der Waals surface area contributed by atoms with Gasteiger partial charge in [0.2, 0.25) is 0 Å². The van der Waals surface area contributed by atoms with E-state index in [-0.39, 0.29) is 0 Å². The lowest BCUT2D eigenvalue weighted by molar-refractivity contribution is 0.590. The molecule has 4 heteroatoms. The molecule has 21 heavy (non-hydrogen) atoms. The molecular weight excluding hydrogens is 260 g/mol. The Bertz CT molecular complexity index is 716. The molecule has 0 aliphatic rings. The first-order valence-corrected chi connectivity index (χ1v) is 7.30. The van der Waals surface area contributed by atoms with Crippen LogP contribution in [0.2, 0.25) is 0 Å². The van der Waals surface area contributed by atoms with E-state index in [1.807, 2.05) is 6.07 Å². The summed E-state index contributed by atoms with van der Waals surface area (Å²) in [5.41, 5.74) is 2.56. The highest BCUT2D eigenvalue weighted by Crippen LogP contribution is 2.21. The lowest BCUT2D eigenvalue weighted by Gasteiger charge is -2.10. The first-order valence-electron chi connectivity index (χ1n) is 7.30. The van der Waals surface area contributed by atoms with Crippen molar-refractivity contribution in [2.24, 2.45) is 0 Å². The normalized spacial score (nSPS) is 11.4. The third-order valence-corrected chi connectivity index (χ3v) is 3.54. The highest BCUT2D eigenvalue weighted by atomic mass is 15.0. The minimum Gasteiger partial charge on any atom is -0.340 e. The molecule has 3 rings (SSSR count). The highest BCUT2D eigenvalue weighted by Gasteiger charge is 2.07. The zero-order chi connectivity index (χ0) is 14.7. The fraction of sp³-hybridized carbons (Fsp3) is 0.294. The van der Waals surface area contributed by atoms with Crippen molar-refractivity contribution in [2.45, 2.75) is 33.0 Å². The Balaban J connectivity index is 1.90. The van der Waals surface area contributed by atoms with E-state index in [1.54, 1.807) is 12.4 Å². The van der Waals surface area contributed by atoms with E-state index >= 15 is 0 Å². The first kappa shape index (κ1) is 13.8. The second-order valence-electron chi connectivity index (χ2n) is 5.49. The van der Waals surface area contributed by atoms with Gasteiger partial charge in [0.25, 0.3) is 0 Å². The summed E-state index contributed by atoms with van der Waals surface area (Å²) in [4.78, 5) is 8.60. The summed E-state index contributed by atoms with van der Waals surface area (Å²) >= 11 is 0. The highest BCUT2D eigenvalue weighted by molar-refractivity contribution is 5.83. The van der Waals surface area contributed by atoms with Crippen LogP contribution < -0.4 is 5.32 Å². The smallest absolute Gasteiger partial charge is 0.147 e. The molecule has 0 spiro atoms. The average molecular weight is 280 g/mol. The summed E-state index contributed by atoms with van der Waals surface area (Å²) < 4.78 is 2.20. The predicted molar refractivity (Wildman–Crippen MR) is 85.0 cm³/mol. The van der Waals surface area contributed by atoms with Crippen molar-refractivity contribution < 1.29 is 0 Å². The van der Waals surface area contributed by atoms with Crippen molar-refractivity contribution in [1.29, 1.82) is 0 Å². The number of benzene rings is 1. The van der Waals surface area contributed by atoms with Crippen LogP contribution >= 0.6 is 0 Å². The van der Waals surface area contributed by atoms with E-state index in [1.165, 1.54) is 16.5 Å². The molecule has 0 saturated heterocycles. The Hall–Kier alpha value is -2.20. The second-order valence-corrected chi connectivity index (χ2v) is 5.49. The minimum atomic E-state index is 0.486. The van der Waals surface area contributed by atoms with Crippen LogP contribution in [0, 0.1) is 0 Å². The van der Waals surface area contributed by atoms with Crippen LogP contribution in [0.1, 0.15) is 25.2 Å². The molecule has 108 valence electrons. The summed E-state index contributed by atoms with van der Waals surface area (Å²) in [7, 11) is 0. The van der Waals surface area contributed by atoms with Crippen molar-refractivity contribution in [3.05, 3.63) is 60.3 Å². The molecule has 0 bridgehead atoms. The summed E-state index contributed by atoms with van der Waals surface area (Å²) in [5.74, 6) is 0.834. The van der Waals surface area contributed by atoms with Crippen molar-refractivity contribution in [2.75, 3.05) is 0 Å². The maximum Gasteiger partial charge on any atom is 0.147 e. The van der Waals surface area contributed by atoms with Crippen LogP contribution in [0.25, 0.3) is 10.9 Å². The maximum absolute atomic E-state index is 4.30. The molecular formula is C17H20N4. The second kappa shape index (κ2) is 6.06. The fourth-order valence-electron chi connectivity index (χ4n) is 2.46. The third-order valence-electron chi connectivity index (χ3n) is 3.54. The summed E-state index contributed by atoms with van der Waals surface area (Å²) in [6.45, 7) is 5.92. The molecule has 0 radical (unpaired) electrons. The van der Waals surface area contributed by atoms with Crippen molar-refractivity contribution in [1.82, 2.24) is 19.9 Å². The van der Waals surface area contributed by atoms with Gasteiger partial charge in [-0.25, -0.2) is 9.97 Å². The van der Waals surface area contributed by atoms with Crippen molar-refractivity contribution in [3.8, 4) is 0 Å². The third kappa shape index (κ3) is 3.11. The topological polar surface area (TPSA) is 42.7 Å². The van der Waals surface area contributed by atoms with Crippen LogP contribution in [0.3, 0.4) is 0 Å². The summed E-state index contributed by atoms with van der Waals surface area (Å²) in [6, 6.07) is 10.9. The molecule has 1 aromatic carbocycles. The number of nitrogens with one attached hydrogen (secondary N) is 1. The van der Waals surface area contributed by atoms with Gasteiger partial charge in [0.15, 0.2) is 0 Å². The summed E-state index contributed by atoms with van der Waals surface area (Å²) in [5, 5.41) is 4.77. The van der Waals surface area contributed by atoms with E-state index in [9.17, 15) is 0 Å². The van der Waals surface area contributed by atoms with E-state index in [0.717, 1.165) is 12.4 Å². The molecule has 0 saturated carbocycles. The van der Waals surface area contributed by atoms with Crippen molar-refractivity contribution in [3.63, 3.8) is 0 Å². The molecule has 0 fully saturated rings. The van der Waals surface area contributed by atoms with Crippen LogP contribution in [0.5, 0.6) is 0 Å². The number of hydrogen-bond acceptors (Lipinski definition) is 3. The Kier molecular flexibility index (Phi) is 3.97. The van der Waals surface area contributed by atoms with Gasteiger partial charge >= 0.3 is 0 Å². The molecule has 0 amide bonds. The minimum absolute atomic E-state index is 0.486. The molecule has 0 atom stereocenters. The summed E-state index contributed by atoms with van der Waals surface area (Å²) in [6.07, 6.45) is 5.68. The number of rotatable bonds is 5. The first-order chi connectivity index (χ1) is 10.2. The van der Waals surface area contributed by atoms with E-state index in [0.29, 0.717) is 12.6 Å². The van der Waals surface area contributed by atoms with Crippen LogP contribution in [0.15, 0.2) is 48.9 Å². The molecule has 3 aromatic rings. The largest absolute Gasteiger partial charge is 0.340 e. The Morgan fingerprint density at radius 1 is 1.10 bits per heavy atom. The van der Waals surface area contributed by atoms with Crippen LogP contribution in [-0.4, -0.2) is 20.6 Å². The van der Waals surface area contributed by atoms with Gasteiger partial charge in [-0.2, -0.15) is 0 Å². The predicted octanol–water partition coefficient (Wildman–Crippen LogP) is 2.98. The van der Waals surface area contributed by atoms with Gasteiger partial charge in [0.05, 0.1) is 6.54 Å². The van der Waals surface area contributed by atoms with Crippen molar-refractivity contribution >= 4 is 10.9 Å². The van der Waals surface area contributed by atoms with Crippen LogP contribution in [0.4, 0.5) is 0 Å². The molecule has 1 N–H and O–H groups in total. The number of aromatic nitrogens is 3. The zero-order valence-electron chi connectivity index (χ0n) is 12.5. The van der Waals surface area contributed by atoms with E-state index in [4.69, 9.17) is 0 Å².